The Kier molecular flexibility index (Phi) is 38.0. The van der Waals surface area contributed by atoms with Crippen LogP contribution < -0.4 is 15.7 Å². The maximum absolute atomic E-state index is 14.1. The Morgan fingerprint density at radius 1 is 0.519 bits per heavy atom. The van der Waals surface area contributed by atoms with Gasteiger partial charge in [0.05, 0.1) is 19.1 Å². The topological polar surface area (TPSA) is 94.2 Å². The van der Waals surface area contributed by atoms with Crippen LogP contribution >= 0.6 is 0 Å². The molecule has 0 radical (unpaired) electrons. The molecule has 8 nitrogen and oxygen atoms in total. The van der Waals surface area contributed by atoms with Crippen LogP contribution in [-0.2, 0) is 28.3 Å². The van der Waals surface area contributed by atoms with Crippen molar-refractivity contribution >= 4 is 36.5 Å². The number of amides is 1. The SMILES string of the molecule is CCCCCCCCC(CCCCCC)C(=O)OCCCCCC(CCCCCOC(=O)[C@@H]1CCCN1C(=O)C(CCCCCC)CCCCCCCC)NCCCCO[Si](c1ccccc1)(c1ccccc1)C(C)(C)C. The quantitative estimate of drug-likeness (QED) is 0.0401. The Hall–Kier alpha value is -3.01. The molecule has 1 amide bonds. The third kappa shape index (κ3) is 27.3. The van der Waals surface area contributed by atoms with Crippen LogP contribution in [0.2, 0.25) is 5.04 Å². The molecule has 1 saturated heterocycles. The first kappa shape index (κ1) is 68.3. The number of unbranched alkanes of at least 4 members (excludes halogenated alkanes) is 21. The van der Waals surface area contributed by atoms with E-state index in [1.165, 1.54) is 113 Å². The van der Waals surface area contributed by atoms with Crippen molar-refractivity contribution in [3.63, 3.8) is 0 Å². The molecule has 3 unspecified atom stereocenters. The zero-order valence-electron chi connectivity index (χ0n) is 51.0. The van der Waals surface area contributed by atoms with Gasteiger partial charge >= 0.3 is 11.9 Å². The van der Waals surface area contributed by atoms with Crippen LogP contribution in [0.3, 0.4) is 0 Å². The minimum absolute atomic E-state index is 0.0231. The number of rotatable bonds is 48. The van der Waals surface area contributed by atoms with E-state index < -0.39 is 14.4 Å². The van der Waals surface area contributed by atoms with Crippen molar-refractivity contribution in [2.75, 3.05) is 32.9 Å². The zero-order valence-corrected chi connectivity index (χ0v) is 52.0. The monoisotopic (exact) mass is 1090 g/mol. The average molecular weight is 1090 g/mol. The minimum atomic E-state index is -2.57. The van der Waals surface area contributed by atoms with Gasteiger partial charge in [-0.05, 0) is 99.0 Å². The minimum Gasteiger partial charge on any atom is -0.465 e. The Morgan fingerprint density at radius 3 is 1.43 bits per heavy atom. The first-order valence-corrected chi connectivity index (χ1v) is 34.6. The molecule has 1 aliphatic heterocycles. The highest BCUT2D eigenvalue weighted by molar-refractivity contribution is 6.99. The lowest BCUT2D eigenvalue weighted by atomic mass is 9.92. The maximum atomic E-state index is 14.1. The number of hydrogen-bond donors (Lipinski definition) is 1. The van der Waals surface area contributed by atoms with Gasteiger partial charge in [-0.25, -0.2) is 4.79 Å². The fraction of sp³-hybridized carbons (Fsp3) is 0.779. The van der Waals surface area contributed by atoms with E-state index in [0.717, 1.165) is 135 Å². The third-order valence-electron chi connectivity index (χ3n) is 16.7. The Bertz CT molecular complexity index is 1710. The van der Waals surface area contributed by atoms with E-state index in [1.807, 2.05) is 4.90 Å². The maximum Gasteiger partial charge on any atom is 0.328 e. The molecule has 3 rings (SSSR count). The Balaban J connectivity index is 1.54. The summed E-state index contributed by atoms with van der Waals surface area (Å²) in [4.78, 5) is 42.9. The van der Waals surface area contributed by atoms with Gasteiger partial charge in [0, 0.05) is 25.1 Å². The molecule has 0 aliphatic carbocycles. The van der Waals surface area contributed by atoms with Gasteiger partial charge in [-0.15, -0.1) is 0 Å². The molecule has 0 saturated carbocycles. The predicted molar refractivity (Wildman–Crippen MR) is 329 cm³/mol. The van der Waals surface area contributed by atoms with Crippen molar-refractivity contribution in [2.24, 2.45) is 11.8 Å². The molecule has 0 spiro atoms. The number of carbonyl (C=O) groups excluding carboxylic acids is 3. The van der Waals surface area contributed by atoms with Crippen LogP contribution in [0, 0.1) is 11.8 Å². The van der Waals surface area contributed by atoms with Gasteiger partial charge in [-0.3, -0.25) is 9.59 Å². The van der Waals surface area contributed by atoms with Crippen LogP contribution in [0.5, 0.6) is 0 Å². The molecule has 1 aliphatic rings. The number of hydrogen-bond acceptors (Lipinski definition) is 7. The largest absolute Gasteiger partial charge is 0.465 e. The normalized spacial score (nSPS) is 15.2. The number of ether oxygens (including phenoxy) is 2. The van der Waals surface area contributed by atoms with Crippen LogP contribution in [0.25, 0.3) is 0 Å². The summed E-state index contributed by atoms with van der Waals surface area (Å²) in [6.45, 7) is 19.3. The summed E-state index contributed by atoms with van der Waals surface area (Å²) in [7, 11) is -2.57. The molecule has 1 fully saturated rings. The molecule has 2 aromatic rings. The molecule has 0 aromatic heterocycles. The predicted octanol–water partition coefficient (Wildman–Crippen LogP) is 17.2. The standard InChI is InChI=1S/C68H118N2O6Si/c1-8-12-16-20-22-30-44-59(43-28-18-14-10-3)65(71)70-55-42-53-64(70)67(73)75-57-40-27-33-48-61(47-32-26-39-56-74-66(72)60(45-29-19-15-11-4)46-31-23-21-17-13-9-2)69-54-38-41-58-76-77(68(5,6)7,62-49-34-24-35-50-62)63-51-36-25-37-52-63/h24-25,34-37,49-52,59-61,64,69H,8-23,26-33,38-48,53-58H2,1-7H3/t59?,60?,61?,64-/m0/s1. The van der Waals surface area contributed by atoms with Crippen LogP contribution in [0.1, 0.15) is 280 Å². The van der Waals surface area contributed by atoms with Gasteiger partial charge in [0.1, 0.15) is 6.04 Å². The van der Waals surface area contributed by atoms with E-state index in [0.29, 0.717) is 32.2 Å². The lowest BCUT2D eigenvalue weighted by molar-refractivity contribution is -0.155. The number of carbonyl (C=O) groups is 3. The van der Waals surface area contributed by atoms with Gasteiger partial charge in [-0.1, -0.05) is 263 Å². The van der Waals surface area contributed by atoms with Gasteiger partial charge in [0.2, 0.25) is 5.91 Å². The summed E-state index contributed by atoms with van der Waals surface area (Å²) < 4.78 is 19.2. The van der Waals surface area contributed by atoms with Gasteiger partial charge in [-0.2, -0.15) is 0 Å². The smallest absolute Gasteiger partial charge is 0.328 e. The molecule has 4 atom stereocenters. The van der Waals surface area contributed by atoms with Gasteiger partial charge in [0.15, 0.2) is 0 Å². The summed E-state index contributed by atoms with van der Waals surface area (Å²) in [6, 6.07) is 21.8. The van der Waals surface area contributed by atoms with Crippen molar-refractivity contribution in [1.29, 1.82) is 0 Å². The fourth-order valence-corrected chi connectivity index (χ4v) is 16.6. The fourth-order valence-electron chi connectivity index (χ4n) is 12.0. The lowest BCUT2D eigenvalue weighted by Gasteiger charge is -2.43. The molecule has 1 heterocycles. The summed E-state index contributed by atoms with van der Waals surface area (Å²) in [5.41, 5.74) is 0. The number of nitrogens with one attached hydrogen (secondary N) is 1. The number of esters is 2. The van der Waals surface area contributed by atoms with E-state index in [-0.39, 0.29) is 34.7 Å². The summed E-state index contributed by atoms with van der Waals surface area (Å²) in [5.74, 6) is 0.100. The van der Waals surface area contributed by atoms with E-state index in [9.17, 15) is 14.4 Å². The number of likely N-dealkylation sites (tertiary alicyclic amines) is 1. The highest BCUT2D eigenvalue weighted by Crippen LogP contribution is 2.37. The molecule has 9 heteroatoms. The van der Waals surface area contributed by atoms with Crippen molar-refractivity contribution in [3.8, 4) is 0 Å². The number of benzene rings is 2. The van der Waals surface area contributed by atoms with Crippen molar-refractivity contribution in [2.45, 2.75) is 297 Å². The molecular formula is C68H118N2O6Si. The first-order valence-electron chi connectivity index (χ1n) is 32.7. The van der Waals surface area contributed by atoms with Crippen LogP contribution in [0.15, 0.2) is 60.7 Å². The highest BCUT2D eigenvalue weighted by atomic mass is 28.4. The Labute approximate surface area is 475 Å². The second-order valence-corrected chi connectivity index (χ2v) is 28.6. The summed E-state index contributed by atoms with van der Waals surface area (Å²) >= 11 is 0. The van der Waals surface area contributed by atoms with E-state index in [4.69, 9.17) is 13.9 Å². The average Bonchev–Trinajstić information content (AvgIpc) is 3.96. The van der Waals surface area contributed by atoms with Crippen molar-refractivity contribution in [1.82, 2.24) is 10.2 Å². The first-order chi connectivity index (χ1) is 37.5. The Morgan fingerprint density at radius 2 is 0.935 bits per heavy atom. The number of nitrogens with zero attached hydrogens (tertiary/aromatic N) is 1. The van der Waals surface area contributed by atoms with Gasteiger partial charge in [0.25, 0.3) is 8.32 Å². The van der Waals surface area contributed by atoms with E-state index in [2.05, 4.69) is 114 Å². The van der Waals surface area contributed by atoms with E-state index >= 15 is 0 Å². The van der Waals surface area contributed by atoms with Crippen LogP contribution in [-0.4, -0.2) is 76.1 Å². The molecule has 1 N–H and O–H groups in total. The molecule has 0 bridgehead atoms. The summed E-state index contributed by atoms with van der Waals surface area (Å²) in [6.07, 6.45) is 39.8. The second kappa shape index (κ2) is 42.8. The lowest BCUT2D eigenvalue weighted by Crippen LogP contribution is -2.66. The van der Waals surface area contributed by atoms with Gasteiger partial charge < -0.3 is 24.1 Å². The van der Waals surface area contributed by atoms with Crippen molar-refractivity contribution < 1.29 is 28.3 Å². The van der Waals surface area contributed by atoms with Crippen molar-refractivity contribution in [3.05, 3.63) is 60.7 Å². The van der Waals surface area contributed by atoms with Crippen LogP contribution in [0.4, 0.5) is 0 Å². The highest BCUT2D eigenvalue weighted by Gasteiger charge is 2.50. The molecular weight excluding hydrogens is 969 g/mol. The molecule has 77 heavy (non-hydrogen) atoms. The second-order valence-electron chi connectivity index (χ2n) is 24.3. The molecule has 440 valence electrons. The van der Waals surface area contributed by atoms with E-state index in [1.54, 1.807) is 0 Å². The third-order valence-corrected chi connectivity index (χ3v) is 21.8. The summed E-state index contributed by atoms with van der Waals surface area (Å²) in [5, 5.41) is 6.56. The zero-order chi connectivity index (χ0) is 55.7. The molecule has 2 aromatic carbocycles.